The number of nitrogens with zero attached hydrogens (tertiary/aromatic N) is 1. The maximum Gasteiger partial charge on any atom is 0.313 e. The fourth-order valence-electron chi connectivity index (χ4n) is 3.57. The van der Waals surface area contributed by atoms with E-state index in [-0.39, 0.29) is 0 Å². The number of amides is 2. The van der Waals surface area contributed by atoms with Gasteiger partial charge in [0.05, 0.1) is 0 Å². The van der Waals surface area contributed by atoms with E-state index in [0.29, 0.717) is 23.2 Å². The molecule has 0 aromatic heterocycles. The molecule has 7 heteroatoms. The molecule has 0 spiro atoms. The van der Waals surface area contributed by atoms with Gasteiger partial charge in [0.15, 0.2) is 0 Å². The number of rotatable bonds is 4. The zero-order valence-corrected chi connectivity index (χ0v) is 16.7. The number of thioether (sulfide) groups is 1. The molecule has 2 amide bonds. The van der Waals surface area contributed by atoms with Crippen LogP contribution in [0.4, 0.5) is 5.69 Å². The number of likely N-dealkylation sites (tertiary alicyclic amines) is 1. The molecule has 2 aliphatic rings. The van der Waals surface area contributed by atoms with Crippen molar-refractivity contribution in [2.75, 3.05) is 36.5 Å². The lowest BCUT2D eigenvalue weighted by molar-refractivity contribution is -0.136. The highest BCUT2D eigenvalue weighted by Gasteiger charge is 2.27. The van der Waals surface area contributed by atoms with Crippen molar-refractivity contribution < 1.29 is 9.59 Å². The van der Waals surface area contributed by atoms with Gasteiger partial charge in [-0.25, -0.2) is 0 Å². The third kappa shape index (κ3) is 4.93. The van der Waals surface area contributed by atoms with Gasteiger partial charge in [-0.15, -0.1) is 0 Å². The highest BCUT2D eigenvalue weighted by molar-refractivity contribution is 7.99. The molecule has 26 heavy (non-hydrogen) atoms. The lowest BCUT2D eigenvalue weighted by Gasteiger charge is -2.35. The smallest absolute Gasteiger partial charge is 0.313 e. The maximum absolute atomic E-state index is 12.1. The van der Waals surface area contributed by atoms with Gasteiger partial charge in [-0.3, -0.25) is 14.5 Å². The van der Waals surface area contributed by atoms with Gasteiger partial charge >= 0.3 is 11.8 Å². The normalized spacial score (nSPS) is 21.5. The number of piperidine rings is 1. The van der Waals surface area contributed by atoms with Gasteiger partial charge in [-0.1, -0.05) is 17.7 Å². The van der Waals surface area contributed by atoms with Crippen LogP contribution in [-0.2, 0) is 9.59 Å². The van der Waals surface area contributed by atoms with E-state index >= 15 is 0 Å². The Balaban J connectivity index is 1.41. The number of hydrogen-bond donors (Lipinski definition) is 2. The first-order valence-electron chi connectivity index (χ1n) is 9.20. The predicted molar refractivity (Wildman–Crippen MR) is 108 cm³/mol. The van der Waals surface area contributed by atoms with Crippen LogP contribution >= 0.6 is 23.4 Å². The van der Waals surface area contributed by atoms with Gasteiger partial charge < -0.3 is 10.6 Å². The Morgan fingerprint density at radius 1 is 1.23 bits per heavy atom. The Labute approximate surface area is 164 Å². The fraction of sp³-hybridized carbons (Fsp3) is 0.579. The number of anilines is 1. The van der Waals surface area contributed by atoms with Gasteiger partial charge in [-0.2, -0.15) is 11.8 Å². The maximum atomic E-state index is 12.1. The summed E-state index contributed by atoms with van der Waals surface area (Å²) < 4.78 is 0. The second-order valence-electron chi connectivity index (χ2n) is 7.07. The number of carbonyl (C=O) groups excluding carboxylic acids is 2. The minimum Gasteiger partial charge on any atom is -0.348 e. The van der Waals surface area contributed by atoms with E-state index in [4.69, 9.17) is 11.6 Å². The molecule has 142 valence electrons. The standard InChI is InChI=1S/C19H26ClN3O2S/c1-13-16(20)3-2-4-17(13)22-19(25)18(24)21-11-14-5-8-23(9-6-14)15-7-10-26-12-15/h2-4,14-15H,5-12H2,1H3,(H,21,24)(H,22,25). The molecular weight excluding hydrogens is 370 g/mol. The molecule has 2 aliphatic heterocycles. The number of benzene rings is 1. The summed E-state index contributed by atoms with van der Waals surface area (Å²) in [7, 11) is 0. The summed E-state index contributed by atoms with van der Waals surface area (Å²) in [5, 5.41) is 5.99. The Hall–Kier alpha value is -1.24. The second-order valence-corrected chi connectivity index (χ2v) is 8.63. The Morgan fingerprint density at radius 2 is 2.00 bits per heavy atom. The van der Waals surface area contributed by atoms with Crippen LogP contribution in [0.15, 0.2) is 18.2 Å². The first-order chi connectivity index (χ1) is 12.5. The van der Waals surface area contributed by atoms with E-state index in [0.717, 1.165) is 37.5 Å². The SMILES string of the molecule is Cc1c(Cl)cccc1NC(=O)C(=O)NCC1CCN(C2CCSC2)CC1. The van der Waals surface area contributed by atoms with Gasteiger partial charge in [0.25, 0.3) is 0 Å². The van der Waals surface area contributed by atoms with E-state index in [1.54, 1.807) is 18.2 Å². The molecule has 2 heterocycles. The quantitative estimate of drug-likeness (QED) is 0.769. The molecule has 1 unspecified atom stereocenters. The average Bonchev–Trinajstić information content (AvgIpc) is 3.18. The van der Waals surface area contributed by atoms with E-state index in [2.05, 4.69) is 15.5 Å². The largest absolute Gasteiger partial charge is 0.348 e. The van der Waals surface area contributed by atoms with Gasteiger partial charge in [0.2, 0.25) is 0 Å². The van der Waals surface area contributed by atoms with Crippen LogP contribution in [0.2, 0.25) is 5.02 Å². The first-order valence-corrected chi connectivity index (χ1v) is 10.7. The summed E-state index contributed by atoms with van der Waals surface area (Å²) in [5.74, 6) is 1.76. The topological polar surface area (TPSA) is 61.4 Å². The molecule has 1 atom stereocenters. The lowest BCUT2D eigenvalue weighted by atomic mass is 9.95. The fourth-order valence-corrected chi connectivity index (χ4v) is 5.00. The number of hydrogen-bond acceptors (Lipinski definition) is 4. The van der Waals surface area contributed by atoms with Gasteiger partial charge in [0, 0.05) is 29.0 Å². The highest BCUT2D eigenvalue weighted by Crippen LogP contribution is 2.26. The molecule has 2 saturated heterocycles. The van der Waals surface area contributed by atoms with E-state index in [1.165, 1.54) is 17.9 Å². The van der Waals surface area contributed by atoms with Crippen molar-refractivity contribution >= 4 is 40.9 Å². The number of carbonyl (C=O) groups is 2. The minimum atomic E-state index is -0.643. The molecule has 3 rings (SSSR count). The average molecular weight is 396 g/mol. The summed E-state index contributed by atoms with van der Waals surface area (Å²) in [6.07, 6.45) is 3.46. The third-order valence-electron chi connectivity index (χ3n) is 5.34. The zero-order valence-electron chi connectivity index (χ0n) is 15.1. The van der Waals surface area contributed by atoms with Crippen molar-refractivity contribution in [2.45, 2.75) is 32.2 Å². The minimum absolute atomic E-state index is 0.449. The summed E-state index contributed by atoms with van der Waals surface area (Å²) >= 11 is 8.09. The van der Waals surface area contributed by atoms with E-state index < -0.39 is 11.8 Å². The van der Waals surface area contributed by atoms with E-state index in [9.17, 15) is 9.59 Å². The van der Waals surface area contributed by atoms with Crippen LogP contribution in [0.5, 0.6) is 0 Å². The van der Waals surface area contributed by atoms with Gasteiger partial charge in [-0.05, 0) is 68.6 Å². The number of halogens is 1. The second kappa shape index (κ2) is 9.11. The third-order valence-corrected chi connectivity index (χ3v) is 6.90. The first kappa shape index (κ1) is 19.5. The molecule has 0 radical (unpaired) electrons. The Bertz CT molecular complexity index is 656. The van der Waals surface area contributed by atoms with Crippen molar-refractivity contribution in [3.63, 3.8) is 0 Å². The molecule has 2 fully saturated rings. The van der Waals surface area contributed by atoms with Crippen molar-refractivity contribution in [1.82, 2.24) is 10.2 Å². The van der Waals surface area contributed by atoms with Crippen LogP contribution in [0.1, 0.15) is 24.8 Å². The highest BCUT2D eigenvalue weighted by atomic mass is 35.5. The Morgan fingerprint density at radius 3 is 2.69 bits per heavy atom. The Kier molecular flexibility index (Phi) is 6.84. The van der Waals surface area contributed by atoms with E-state index in [1.807, 2.05) is 18.7 Å². The van der Waals surface area contributed by atoms with Crippen LogP contribution in [0.3, 0.4) is 0 Å². The van der Waals surface area contributed by atoms with Crippen molar-refractivity contribution in [3.8, 4) is 0 Å². The molecular formula is C19H26ClN3O2S. The molecule has 1 aromatic rings. The molecule has 2 N–H and O–H groups in total. The van der Waals surface area contributed by atoms with Crippen LogP contribution in [0.25, 0.3) is 0 Å². The van der Waals surface area contributed by atoms with Gasteiger partial charge in [0.1, 0.15) is 0 Å². The van der Waals surface area contributed by atoms with Crippen molar-refractivity contribution in [3.05, 3.63) is 28.8 Å². The summed E-state index contributed by atoms with van der Waals surface area (Å²) in [4.78, 5) is 26.8. The molecule has 0 bridgehead atoms. The molecule has 0 saturated carbocycles. The molecule has 0 aliphatic carbocycles. The van der Waals surface area contributed by atoms with Crippen LogP contribution in [-0.4, -0.2) is 53.9 Å². The number of nitrogens with one attached hydrogen (secondary N) is 2. The van der Waals surface area contributed by atoms with Crippen LogP contribution in [0, 0.1) is 12.8 Å². The molecule has 1 aromatic carbocycles. The summed E-state index contributed by atoms with van der Waals surface area (Å²) in [6.45, 7) is 4.57. The summed E-state index contributed by atoms with van der Waals surface area (Å²) in [6, 6.07) is 5.98. The summed E-state index contributed by atoms with van der Waals surface area (Å²) in [5.41, 5.74) is 1.33. The zero-order chi connectivity index (χ0) is 18.5. The monoisotopic (exact) mass is 395 g/mol. The van der Waals surface area contributed by atoms with Crippen molar-refractivity contribution in [2.24, 2.45) is 5.92 Å². The van der Waals surface area contributed by atoms with Crippen molar-refractivity contribution in [1.29, 1.82) is 0 Å². The lowest BCUT2D eigenvalue weighted by Crippen LogP contribution is -2.45. The van der Waals surface area contributed by atoms with Crippen LogP contribution < -0.4 is 10.6 Å². The predicted octanol–water partition coefficient (Wildman–Crippen LogP) is 2.92. The molecule has 5 nitrogen and oxygen atoms in total.